The van der Waals surface area contributed by atoms with E-state index in [1.165, 1.54) is 11.3 Å². The topological polar surface area (TPSA) is 54.5 Å². The Balaban J connectivity index is 0.00000225. The molecule has 1 saturated heterocycles. The van der Waals surface area contributed by atoms with Crippen LogP contribution >= 0.6 is 23.7 Å². The van der Waals surface area contributed by atoms with Crippen LogP contribution in [0.3, 0.4) is 0 Å². The number of halogens is 1. The highest BCUT2D eigenvalue weighted by Gasteiger charge is 2.23. The van der Waals surface area contributed by atoms with E-state index >= 15 is 0 Å². The maximum absolute atomic E-state index is 12.6. The SMILES string of the molecule is CCCOc1ccc(-c2nc(C(=O)N3CCNC(C)C3)cs2)cc1.Cl. The van der Waals surface area contributed by atoms with Gasteiger partial charge in [-0.25, -0.2) is 4.98 Å². The lowest BCUT2D eigenvalue weighted by Gasteiger charge is -2.31. The number of nitrogens with one attached hydrogen (secondary N) is 1. The van der Waals surface area contributed by atoms with E-state index < -0.39 is 0 Å². The Labute approximate surface area is 158 Å². The molecule has 7 heteroatoms. The van der Waals surface area contributed by atoms with Crippen molar-refractivity contribution >= 4 is 29.7 Å². The zero-order chi connectivity index (χ0) is 16.9. The summed E-state index contributed by atoms with van der Waals surface area (Å²) in [5.41, 5.74) is 1.55. The first-order valence-electron chi connectivity index (χ1n) is 8.39. The van der Waals surface area contributed by atoms with E-state index in [2.05, 4.69) is 24.1 Å². The molecule has 1 aromatic carbocycles. The third-order valence-electron chi connectivity index (χ3n) is 3.95. The first kappa shape index (κ1) is 19.7. The summed E-state index contributed by atoms with van der Waals surface area (Å²) in [5, 5.41) is 6.06. The number of amides is 1. The first-order chi connectivity index (χ1) is 11.7. The summed E-state index contributed by atoms with van der Waals surface area (Å²) in [6.07, 6.45) is 0.990. The van der Waals surface area contributed by atoms with Crippen molar-refractivity contribution in [1.29, 1.82) is 0 Å². The third-order valence-corrected chi connectivity index (χ3v) is 4.84. The number of nitrogens with zero attached hydrogens (tertiary/aromatic N) is 2. The molecule has 1 fully saturated rings. The molecular formula is C18H24ClN3O2S. The lowest BCUT2D eigenvalue weighted by atomic mass is 10.2. The monoisotopic (exact) mass is 381 g/mol. The van der Waals surface area contributed by atoms with Crippen molar-refractivity contribution in [2.75, 3.05) is 26.2 Å². The Bertz CT molecular complexity index is 690. The minimum Gasteiger partial charge on any atom is -0.494 e. The standard InChI is InChI=1S/C18H23N3O2S.ClH/c1-3-10-23-15-6-4-14(5-7-15)17-20-16(12-24-17)18(22)21-9-8-19-13(2)11-21;/h4-7,12-13,19H,3,8-11H2,1-2H3;1H. The van der Waals surface area contributed by atoms with Gasteiger partial charge in [0.2, 0.25) is 0 Å². The van der Waals surface area contributed by atoms with Gasteiger partial charge in [-0.2, -0.15) is 0 Å². The van der Waals surface area contributed by atoms with Gasteiger partial charge in [0.05, 0.1) is 6.61 Å². The van der Waals surface area contributed by atoms with Gasteiger partial charge in [-0.1, -0.05) is 6.92 Å². The van der Waals surface area contributed by atoms with E-state index in [9.17, 15) is 4.79 Å². The highest BCUT2D eigenvalue weighted by Crippen LogP contribution is 2.26. The van der Waals surface area contributed by atoms with Gasteiger partial charge in [-0.3, -0.25) is 4.79 Å². The van der Waals surface area contributed by atoms with Crippen LogP contribution in [-0.4, -0.2) is 48.1 Å². The number of thiazole rings is 1. The van der Waals surface area contributed by atoms with Gasteiger partial charge in [-0.05, 0) is 37.6 Å². The molecule has 2 aromatic rings. The molecule has 1 N–H and O–H groups in total. The first-order valence-corrected chi connectivity index (χ1v) is 9.26. The molecule has 2 heterocycles. The van der Waals surface area contributed by atoms with Crippen LogP contribution in [0.25, 0.3) is 10.6 Å². The number of carbonyl (C=O) groups is 1. The second-order valence-electron chi connectivity index (χ2n) is 6.02. The van der Waals surface area contributed by atoms with Gasteiger partial charge in [0, 0.05) is 36.6 Å². The minimum atomic E-state index is 0. The number of hydrogen-bond acceptors (Lipinski definition) is 5. The van der Waals surface area contributed by atoms with Crippen molar-refractivity contribution in [3.05, 3.63) is 35.3 Å². The van der Waals surface area contributed by atoms with E-state index in [4.69, 9.17) is 4.74 Å². The summed E-state index contributed by atoms with van der Waals surface area (Å²) < 4.78 is 5.60. The molecule has 1 unspecified atom stereocenters. The molecular weight excluding hydrogens is 358 g/mol. The number of hydrogen-bond donors (Lipinski definition) is 1. The Morgan fingerprint density at radius 1 is 1.40 bits per heavy atom. The van der Waals surface area contributed by atoms with E-state index in [1.54, 1.807) is 0 Å². The summed E-state index contributed by atoms with van der Waals surface area (Å²) in [5.74, 6) is 0.886. The van der Waals surface area contributed by atoms with Crippen molar-refractivity contribution in [3.8, 4) is 16.3 Å². The summed E-state index contributed by atoms with van der Waals surface area (Å²) in [7, 11) is 0. The van der Waals surface area contributed by atoms with Crippen molar-refractivity contribution < 1.29 is 9.53 Å². The van der Waals surface area contributed by atoms with Crippen LogP contribution in [0.4, 0.5) is 0 Å². The lowest BCUT2D eigenvalue weighted by molar-refractivity contribution is 0.0704. The van der Waals surface area contributed by atoms with Gasteiger partial charge in [0.25, 0.3) is 5.91 Å². The lowest BCUT2D eigenvalue weighted by Crippen LogP contribution is -2.51. The van der Waals surface area contributed by atoms with Crippen molar-refractivity contribution in [1.82, 2.24) is 15.2 Å². The molecule has 0 saturated carbocycles. The van der Waals surface area contributed by atoms with Gasteiger partial charge < -0.3 is 15.0 Å². The molecule has 5 nitrogen and oxygen atoms in total. The number of benzene rings is 1. The number of ether oxygens (including phenoxy) is 1. The van der Waals surface area contributed by atoms with Crippen molar-refractivity contribution in [3.63, 3.8) is 0 Å². The van der Waals surface area contributed by atoms with Crippen LogP contribution in [0, 0.1) is 0 Å². The molecule has 1 atom stereocenters. The van der Waals surface area contributed by atoms with Crippen LogP contribution in [0.15, 0.2) is 29.6 Å². The fourth-order valence-electron chi connectivity index (χ4n) is 2.70. The molecule has 1 amide bonds. The van der Waals surface area contributed by atoms with Crippen LogP contribution < -0.4 is 10.1 Å². The highest BCUT2D eigenvalue weighted by atomic mass is 35.5. The molecule has 136 valence electrons. The summed E-state index contributed by atoms with van der Waals surface area (Å²) >= 11 is 1.50. The zero-order valence-electron chi connectivity index (χ0n) is 14.5. The molecule has 1 aliphatic rings. The highest BCUT2D eigenvalue weighted by molar-refractivity contribution is 7.13. The van der Waals surface area contributed by atoms with Gasteiger partial charge in [-0.15, -0.1) is 23.7 Å². The molecule has 0 spiro atoms. The molecule has 3 rings (SSSR count). The maximum atomic E-state index is 12.6. The number of carbonyl (C=O) groups excluding carboxylic acids is 1. The van der Waals surface area contributed by atoms with Crippen molar-refractivity contribution in [2.45, 2.75) is 26.3 Å². The Hall–Kier alpha value is -1.63. The van der Waals surface area contributed by atoms with E-state index in [-0.39, 0.29) is 18.3 Å². The molecule has 0 radical (unpaired) electrons. The van der Waals surface area contributed by atoms with E-state index in [0.29, 0.717) is 11.7 Å². The average Bonchev–Trinajstić information content (AvgIpc) is 3.10. The maximum Gasteiger partial charge on any atom is 0.273 e. The average molecular weight is 382 g/mol. The van der Waals surface area contributed by atoms with Crippen LogP contribution in [0.2, 0.25) is 0 Å². The number of piperazine rings is 1. The van der Waals surface area contributed by atoms with E-state index in [1.807, 2.05) is 34.5 Å². The van der Waals surface area contributed by atoms with Gasteiger partial charge in [0.1, 0.15) is 16.5 Å². The fourth-order valence-corrected chi connectivity index (χ4v) is 3.50. The summed E-state index contributed by atoms with van der Waals surface area (Å²) in [4.78, 5) is 19.0. The Kier molecular flexibility index (Phi) is 7.23. The Morgan fingerprint density at radius 2 is 2.16 bits per heavy atom. The minimum absolute atomic E-state index is 0. The predicted octanol–water partition coefficient (Wildman–Crippen LogP) is 3.45. The fraction of sp³-hybridized carbons (Fsp3) is 0.444. The van der Waals surface area contributed by atoms with Gasteiger partial charge >= 0.3 is 0 Å². The van der Waals surface area contributed by atoms with Crippen LogP contribution in [-0.2, 0) is 0 Å². The molecule has 0 aliphatic carbocycles. The largest absolute Gasteiger partial charge is 0.494 e. The zero-order valence-corrected chi connectivity index (χ0v) is 16.2. The second kappa shape index (κ2) is 9.17. The van der Waals surface area contributed by atoms with Crippen LogP contribution in [0.1, 0.15) is 30.8 Å². The second-order valence-corrected chi connectivity index (χ2v) is 6.88. The normalized spacial score (nSPS) is 17.0. The number of rotatable bonds is 5. The number of aromatic nitrogens is 1. The summed E-state index contributed by atoms with van der Waals surface area (Å²) in [6.45, 7) is 7.20. The quantitative estimate of drug-likeness (QED) is 0.861. The van der Waals surface area contributed by atoms with Crippen LogP contribution in [0.5, 0.6) is 5.75 Å². The summed E-state index contributed by atoms with van der Waals surface area (Å²) in [6, 6.07) is 8.21. The predicted molar refractivity (Wildman–Crippen MR) is 104 cm³/mol. The molecule has 25 heavy (non-hydrogen) atoms. The van der Waals surface area contributed by atoms with E-state index in [0.717, 1.165) is 49.0 Å². The third kappa shape index (κ3) is 4.93. The molecule has 0 bridgehead atoms. The molecule has 1 aliphatic heterocycles. The van der Waals surface area contributed by atoms with Crippen molar-refractivity contribution in [2.24, 2.45) is 0 Å². The molecule has 1 aromatic heterocycles. The Morgan fingerprint density at radius 3 is 2.84 bits per heavy atom. The van der Waals surface area contributed by atoms with Gasteiger partial charge in [0.15, 0.2) is 0 Å². The smallest absolute Gasteiger partial charge is 0.273 e.